The van der Waals surface area contributed by atoms with E-state index in [1.54, 1.807) is 4.90 Å². The van der Waals surface area contributed by atoms with E-state index in [1.165, 1.54) is 26.1 Å². The van der Waals surface area contributed by atoms with Gasteiger partial charge in [0.15, 0.2) is 11.3 Å². The second kappa shape index (κ2) is 9.78. The standard InChI is InChI=1S/C24H24F3N7O3/c1-11-9-34(10-12(2)37-11)23(36)16-5-15(7-28)20(29-8-16)30-13(3)17-6-18-21(31-14(4)32-22(18)35)33-19(17)24(25,26)27/h5-6,8,11-13H,9-10H2,1-4H3,(H,29,30)(H,31,32,33,35)/t11-,12+,13-/m0/s1. The normalized spacial score (nSPS) is 18.9. The summed E-state index contributed by atoms with van der Waals surface area (Å²) in [6.45, 7) is 7.33. The third kappa shape index (κ3) is 5.39. The molecule has 1 fully saturated rings. The number of fused-ring (bicyclic) bond motifs is 1. The average Bonchev–Trinajstić information content (AvgIpc) is 2.81. The molecule has 2 N–H and O–H groups in total. The third-order valence-electron chi connectivity index (χ3n) is 5.89. The molecule has 4 rings (SSSR count). The van der Waals surface area contributed by atoms with Gasteiger partial charge in [0.25, 0.3) is 11.5 Å². The molecule has 0 aliphatic carbocycles. The molecule has 3 atom stereocenters. The number of aromatic nitrogens is 4. The number of nitrogens with one attached hydrogen (secondary N) is 2. The minimum Gasteiger partial charge on any atom is -0.372 e. The van der Waals surface area contributed by atoms with Crippen LogP contribution in [0, 0.1) is 18.3 Å². The van der Waals surface area contributed by atoms with Gasteiger partial charge in [0.2, 0.25) is 0 Å². The van der Waals surface area contributed by atoms with E-state index in [9.17, 15) is 28.0 Å². The van der Waals surface area contributed by atoms with Crippen LogP contribution in [0.15, 0.2) is 23.1 Å². The van der Waals surface area contributed by atoms with Crippen molar-refractivity contribution in [3.05, 3.63) is 56.9 Å². The molecular formula is C24H24F3N7O3. The molecule has 194 valence electrons. The van der Waals surface area contributed by atoms with Gasteiger partial charge in [0, 0.05) is 24.8 Å². The highest BCUT2D eigenvalue weighted by Gasteiger charge is 2.38. The molecule has 1 aliphatic heterocycles. The number of nitriles is 1. The summed E-state index contributed by atoms with van der Waals surface area (Å²) in [5.41, 5.74) is -2.33. The van der Waals surface area contributed by atoms with Crippen LogP contribution in [-0.2, 0) is 10.9 Å². The van der Waals surface area contributed by atoms with Crippen LogP contribution in [0.5, 0.6) is 0 Å². The first-order valence-electron chi connectivity index (χ1n) is 11.5. The van der Waals surface area contributed by atoms with E-state index in [4.69, 9.17) is 4.74 Å². The minimum absolute atomic E-state index is 0.0144. The lowest BCUT2D eigenvalue weighted by molar-refractivity contribution is -0.141. The number of rotatable bonds is 4. The Morgan fingerprint density at radius 1 is 1.27 bits per heavy atom. The van der Waals surface area contributed by atoms with Gasteiger partial charge in [-0.05, 0) is 39.8 Å². The third-order valence-corrected chi connectivity index (χ3v) is 5.89. The molecule has 0 spiro atoms. The Bertz CT molecular complexity index is 1450. The highest BCUT2D eigenvalue weighted by molar-refractivity contribution is 5.94. The number of H-pyrrole nitrogens is 1. The van der Waals surface area contributed by atoms with Crippen molar-refractivity contribution < 1.29 is 22.7 Å². The molecule has 1 amide bonds. The molecular weight excluding hydrogens is 491 g/mol. The van der Waals surface area contributed by atoms with Crippen molar-refractivity contribution in [1.29, 1.82) is 5.26 Å². The Kier molecular flexibility index (Phi) is 6.88. The zero-order valence-corrected chi connectivity index (χ0v) is 20.5. The topological polar surface area (TPSA) is 137 Å². The maximum absolute atomic E-state index is 13.9. The number of hydrogen-bond acceptors (Lipinski definition) is 8. The van der Waals surface area contributed by atoms with Gasteiger partial charge in [-0.3, -0.25) is 9.59 Å². The SMILES string of the molecule is Cc1nc2nc(C(F)(F)F)c([C@H](C)Nc3ncc(C(=O)N4C[C@@H](C)O[C@@H](C)C4)cc3C#N)cc2c(=O)[nH]1. The molecule has 13 heteroatoms. The van der Waals surface area contributed by atoms with Crippen LogP contribution in [-0.4, -0.2) is 56.0 Å². The summed E-state index contributed by atoms with van der Waals surface area (Å²) in [5, 5.41) is 12.4. The monoisotopic (exact) mass is 515 g/mol. The van der Waals surface area contributed by atoms with Crippen molar-refractivity contribution in [2.24, 2.45) is 0 Å². The second-order valence-electron chi connectivity index (χ2n) is 9.01. The molecule has 10 nitrogen and oxygen atoms in total. The number of ether oxygens (including phenoxy) is 1. The van der Waals surface area contributed by atoms with Crippen LogP contribution >= 0.6 is 0 Å². The van der Waals surface area contributed by atoms with Crippen molar-refractivity contribution in [3.63, 3.8) is 0 Å². The largest absolute Gasteiger partial charge is 0.433 e. The number of carbonyl (C=O) groups is 1. The number of aryl methyl sites for hydroxylation is 1. The van der Waals surface area contributed by atoms with Gasteiger partial charge in [-0.15, -0.1) is 0 Å². The number of alkyl halides is 3. The number of hydrogen-bond donors (Lipinski definition) is 2. The molecule has 0 bridgehead atoms. The van der Waals surface area contributed by atoms with E-state index >= 15 is 0 Å². The molecule has 0 aromatic carbocycles. The first-order valence-corrected chi connectivity index (χ1v) is 11.5. The maximum atomic E-state index is 13.9. The lowest BCUT2D eigenvalue weighted by Gasteiger charge is -2.35. The Hall–Kier alpha value is -4.05. The van der Waals surface area contributed by atoms with Gasteiger partial charge in [-0.2, -0.15) is 18.4 Å². The van der Waals surface area contributed by atoms with Crippen LogP contribution in [0.25, 0.3) is 11.0 Å². The predicted octanol–water partition coefficient (Wildman–Crippen LogP) is 3.33. The Labute approximate surface area is 209 Å². The summed E-state index contributed by atoms with van der Waals surface area (Å²) in [5.74, 6) is -0.208. The summed E-state index contributed by atoms with van der Waals surface area (Å²) < 4.78 is 47.3. The number of pyridine rings is 2. The molecule has 3 aromatic rings. The maximum Gasteiger partial charge on any atom is 0.433 e. The van der Waals surface area contributed by atoms with Crippen molar-refractivity contribution in [2.75, 3.05) is 18.4 Å². The van der Waals surface area contributed by atoms with Gasteiger partial charge < -0.3 is 19.9 Å². The molecule has 0 unspecified atom stereocenters. The number of nitrogens with zero attached hydrogens (tertiary/aromatic N) is 5. The highest BCUT2D eigenvalue weighted by atomic mass is 19.4. The fourth-order valence-electron chi connectivity index (χ4n) is 4.34. The Morgan fingerprint density at radius 2 is 1.95 bits per heavy atom. The van der Waals surface area contributed by atoms with E-state index in [2.05, 4.69) is 25.3 Å². The molecule has 1 aliphatic rings. The Morgan fingerprint density at radius 3 is 2.57 bits per heavy atom. The lowest BCUT2D eigenvalue weighted by atomic mass is 10.0. The zero-order chi connectivity index (χ0) is 27.1. The van der Waals surface area contributed by atoms with Crippen molar-refractivity contribution in [2.45, 2.75) is 52.1 Å². The van der Waals surface area contributed by atoms with Gasteiger partial charge in [0.1, 0.15) is 17.7 Å². The first-order chi connectivity index (χ1) is 17.4. The van der Waals surface area contributed by atoms with Crippen LogP contribution in [0.3, 0.4) is 0 Å². The van der Waals surface area contributed by atoms with Crippen molar-refractivity contribution in [1.82, 2.24) is 24.8 Å². The van der Waals surface area contributed by atoms with Gasteiger partial charge in [0.05, 0.1) is 34.8 Å². The van der Waals surface area contributed by atoms with Crippen LogP contribution in [0.2, 0.25) is 0 Å². The van der Waals surface area contributed by atoms with Gasteiger partial charge in [-0.1, -0.05) is 0 Å². The smallest absolute Gasteiger partial charge is 0.372 e. The summed E-state index contributed by atoms with van der Waals surface area (Å²) in [4.78, 5) is 41.1. The molecule has 4 heterocycles. The molecule has 0 radical (unpaired) electrons. The van der Waals surface area contributed by atoms with E-state index in [-0.39, 0.29) is 57.5 Å². The zero-order valence-electron chi connectivity index (χ0n) is 20.5. The quantitative estimate of drug-likeness (QED) is 0.540. The number of carbonyl (C=O) groups excluding carboxylic acids is 1. The summed E-state index contributed by atoms with van der Waals surface area (Å²) in [7, 11) is 0. The number of amides is 1. The lowest BCUT2D eigenvalue weighted by Crippen LogP contribution is -2.48. The predicted molar refractivity (Wildman–Crippen MR) is 127 cm³/mol. The minimum atomic E-state index is -4.83. The molecule has 1 saturated heterocycles. The Balaban J connectivity index is 1.67. The number of halogens is 3. The summed E-state index contributed by atoms with van der Waals surface area (Å²) >= 11 is 0. The van der Waals surface area contributed by atoms with E-state index in [0.29, 0.717) is 13.1 Å². The summed E-state index contributed by atoms with van der Waals surface area (Å²) in [6, 6.07) is 3.30. The number of aromatic amines is 1. The van der Waals surface area contributed by atoms with Crippen LogP contribution in [0.1, 0.15) is 59.8 Å². The van der Waals surface area contributed by atoms with Crippen LogP contribution in [0.4, 0.5) is 19.0 Å². The molecule has 3 aromatic heterocycles. The van der Waals surface area contributed by atoms with Gasteiger partial charge in [-0.25, -0.2) is 15.0 Å². The molecule has 37 heavy (non-hydrogen) atoms. The second-order valence-corrected chi connectivity index (χ2v) is 9.01. The molecule has 0 saturated carbocycles. The van der Waals surface area contributed by atoms with Crippen molar-refractivity contribution in [3.8, 4) is 6.07 Å². The fourth-order valence-corrected chi connectivity index (χ4v) is 4.34. The van der Waals surface area contributed by atoms with E-state index in [0.717, 1.165) is 6.07 Å². The number of anilines is 1. The van der Waals surface area contributed by atoms with E-state index in [1.807, 2.05) is 19.9 Å². The summed E-state index contributed by atoms with van der Waals surface area (Å²) in [6.07, 6.45) is -3.86. The first kappa shape index (κ1) is 26.0. The average molecular weight is 515 g/mol. The van der Waals surface area contributed by atoms with Gasteiger partial charge >= 0.3 is 6.18 Å². The van der Waals surface area contributed by atoms with E-state index < -0.39 is 23.5 Å². The van der Waals surface area contributed by atoms with Crippen LogP contribution < -0.4 is 10.9 Å². The van der Waals surface area contributed by atoms with Crippen molar-refractivity contribution >= 4 is 22.8 Å². The number of morpholine rings is 1. The fraction of sp³-hybridized carbons (Fsp3) is 0.417. The highest BCUT2D eigenvalue weighted by Crippen LogP contribution is 2.35.